The van der Waals surface area contributed by atoms with E-state index in [0.717, 1.165) is 0 Å². The lowest BCUT2D eigenvalue weighted by Gasteiger charge is -2.35. The lowest BCUT2D eigenvalue weighted by molar-refractivity contribution is 0.0675. The molecule has 0 amide bonds. The highest BCUT2D eigenvalue weighted by molar-refractivity contribution is 7.86. The third-order valence-electron chi connectivity index (χ3n) is 4.00. The number of rotatable bonds is 4. The van der Waals surface area contributed by atoms with E-state index in [2.05, 4.69) is 4.98 Å². The number of hydrogen-bond donors (Lipinski definition) is 0. The molecule has 0 spiro atoms. The fourth-order valence-electron chi connectivity index (χ4n) is 2.75. The molecule has 0 atom stereocenters. The molecule has 0 radical (unpaired) electrons. The molecule has 23 heavy (non-hydrogen) atoms. The summed E-state index contributed by atoms with van der Waals surface area (Å²) >= 11 is 0. The highest BCUT2D eigenvalue weighted by Crippen LogP contribution is 2.21. The van der Waals surface area contributed by atoms with Gasteiger partial charge in [0.2, 0.25) is 11.8 Å². The van der Waals surface area contributed by atoms with Gasteiger partial charge in [0.15, 0.2) is 0 Å². The zero-order valence-corrected chi connectivity index (χ0v) is 13.5. The van der Waals surface area contributed by atoms with E-state index in [-0.39, 0.29) is 12.0 Å². The minimum absolute atomic E-state index is 0.152. The molecule has 7 nitrogen and oxygen atoms in total. The number of hydrogen-bond acceptors (Lipinski definition) is 5. The number of pyridine rings is 1. The van der Waals surface area contributed by atoms with Gasteiger partial charge < -0.3 is 9.47 Å². The molecule has 0 bridgehead atoms. The van der Waals surface area contributed by atoms with Crippen LogP contribution in [0.1, 0.15) is 12.8 Å². The van der Waals surface area contributed by atoms with Crippen LogP contribution in [0.4, 0.5) is 4.39 Å². The summed E-state index contributed by atoms with van der Waals surface area (Å²) in [5.41, 5.74) is 0. The molecule has 2 fully saturated rings. The van der Waals surface area contributed by atoms with Gasteiger partial charge in [-0.3, -0.25) is 0 Å². The first-order chi connectivity index (χ1) is 11.1. The molecular weight excluding hydrogens is 325 g/mol. The van der Waals surface area contributed by atoms with Gasteiger partial charge in [-0.2, -0.15) is 26.4 Å². The highest BCUT2D eigenvalue weighted by atomic mass is 32.2. The van der Waals surface area contributed by atoms with E-state index in [1.807, 2.05) is 0 Å². The van der Waals surface area contributed by atoms with Crippen molar-refractivity contribution in [2.45, 2.75) is 18.9 Å². The minimum atomic E-state index is -3.43. The number of morpholine rings is 1. The number of aromatic nitrogens is 1. The first-order valence-electron chi connectivity index (χ1n) is 7.68. The van der Waals surface area contributed by atoms with Gasteiger partial charge in [-0.05, 0) is 18.9 Å². The summed E-state index contributed by atoms with van der Waals surface area (Å²) < 4.78 is 51.9. The van der Waals surface area contributed by atoms with E-state index in [9.17, 15) is 12.8 Å². The van der Waals surface area contributed by atoms with Gasteiger partial charge in [-0.15, -0.1) is 0 Å². The number of piperidine rings is 1. The number of ether oxygens (including phenoxy) is 2. The summed E-state index contributed by atoms with van der Waals surface area (Å²) in [7, 11) is -3.43. The Balaban J connectivity index is 1.55. The lowest BCUT2D eigenvalue weighted by atomic mass is 10.1. The standard InChI is InChI=1S/C14H20FN3O4S/c15-13-2-1-3-14(16-13)22-12-4-6-17(7-5-12)23(19,20)18-8-10-21-11-9-18/h1-3,12H,4-11H2. The SMILES string of the molecule is O=S(=O)(N1CCOCC1)N1CCC(Oc2cccc(F)n2)CC1. The van der Waals surface area contributed by atoms with Gasteiger partial charge in [0, 0.05) is 32.2 Å². The quantitative estimate of drug-likeness (QED) is 0.749. The lowest BCUT2D eigenvalue weighted by Crippen LogP contribution is -2.51. The monoisotopic (exact) mass is 345 g/mol. The van der Waals surface area contributed by atoms with Crippen LogP contribution in [0.5, 0.6) is 5.88 Å². The second kappa shape index (κ2) is 7.08. The van der Waals surface area contributed by atoms with Gasteiger partial charge in [0.25, 0.3) is 10.2 Å². The second-order valence-corrected chi connectivity index (χ2v) is 7.46. The van der Waals surface area contributed by atoms with Crippen LogP contribution in [-0.2, 0) is 14.9 Å². The van der Waals surface area contributed by atoms with Crippen molar-refractivity contribution >= 4 is 10.2 Å². The van der Waals surface area contributed by atoms with Crippen LogP contribution in [0.2, 0.25) is 0 Å². The molecule has 2 aliphatic rings. The maximum absolute atomic E-state index is 13.1. The van der Waals surface area contributed by atoms with Gasteiger partial charge >= 0.3 is 0 Å². The van der Waals surface area contributed by atoms with E-state index in [1.165, 1.54) is 20.7 Å². The molecule has 9 heteroatoms. The molecule has 0 aliphatic carbocycles. The fourth-order valence-corrected chi connectivity index (χ4v) is 4.36. The Kier molecular flexibility index (Phi) is 5.10. The Bertz CT molecular complexity index is 629. The molecule has 0 N–H and O–H groups in total. The zero-order valence-electron chi connectivity index (χ0n) is 12.7. The number of halogens is 1. The van der Waals surface area contributed by atoms with Crippen molar-refractivity contribution in [1.82, 2.24) is 13.6 Å². The topological polar surface area (TPSA) is 72.0 Å². The first-order valence-corrected chi connectivity index (χ1v) is 9.07. The van der Waals surface area contributed by atoms with Crippen LogP contribution >= 0.6 is 0 Å². The average Bonchev–Trinajstić information content (AvgIpc) is 2.56. The van der Waals surface area contributed by atoms with Crippen LogP contribution in [0.25, 0.3) is 0 Å². The zero-order chi connectivity index (χ0) is 16.3. The summed E-state index contributed by atoms with van der Waals surface area (Å²) in [4.78, 5) is 3.67. The Labute approximate surface area is 135 Å². The van der Waals surface area contributed by atoms with Crippen LogP contribution in [-0.4, -0.2) is 67.5 Å². The van der Waals surface area contributed by atoms with Crippen molar-refractivity contribution in [2.75, 3.05) is 39.4 Å². The molecule has 3 rings (SSSR count). The van der Waals surface area contributed by atoms with Crippen molar-refractivity contribution in [3.05, 3.63) is 24.1 Å². The van der Waals surface area contributed by atoms with Gasteiger partial charge in [-0.1, -0.05) is 6.07 Å². The van der Waals surface area contributed by atoms with Crippen molar-refractivity contribution in [2.24, 2.45) is 0 Å². The predicted molar refractivity (Wildman–Crippen MR) is 80.7 cm³/mol. The third-order valence-corrected chi connectivity index (χ3v) is 6.04. The molecule has 0 saturated carbocycles. The summed E-state index contributed by atoms with van der Waals surface area (Å²) in [6.45, 7) is 2.44. The highest BCUT2D eigenvalue weighted by Gasteiger charge is 2.34. The summed E-state index contributed by atoms with van der Waals surface area (Å²) in [5.74, 6) is -0.352. The second-order valence-electron chi connectivity index (χ2n) is 5.53. The molecule has 1 aromatic heterocycles. The number of nitrogens with zero attached hydrogens (tertiary/aromatic N) is 3. The smallest absolute Gasteiger partial charge is 0.282 e. The van der Waals surface area contributed by atoms with Gasteiger partial charge in [-0.25, -0.2) is 0 Å². The van der Waals surface area contributed by atoms with E-state index < -0.39 is 16.2 Å². The van der Waals surface area contributed by atoms with E-state index in [4.69, 9.17) is 9.47 Å². The van der Waals surface area contributed by atoms with E-state index in [1.54, 1.807) is 6.07 Å². The molecule has 128 valence electrons. The maximum atomic E-state index is 13.1. The summed E-state index contributed by atoms with van der Waals surface area (Å²) in [6, 6.07) is 4.39. The minimum Gasteiger partial charge on any atom is -0.474 e. The van der Waals surface area contributed by atoms with E-state index >= 15 is 0 Å². The van der Waals surface area contributed by atoms with E-state index in [0.29, 0.717) is 52.2 Å². The van der Waals surface area contributed by atoms with Crippen LogP contribution in [0.15, 0.2) is 18.2 Å². The van der Waals surface area contributed by atoms with Gasteiger partial charge in [0.1, 0.15) is 6.10 Å². The van der Waals surface area contributed by atoms with Crippen molar-refractivity contribution in [1.29, 1.82) is 0 Å². The molecular formula is C14H20FN3O4S. The third kappa shape index (κ3) is 3.97. The summed E-state index contributed by atoms with van der Waals surface area (Å²) in [5, 5.41) is 0. The fraction of sp³-hybridized carbons (Fsp3) is 0.643. The Hall–Kier alpha value is -1.29. The summed E-state index contributed by atoms with van der Waals surface area (Å²) in [6.07, 6.45) is 0.962. The molecule has 3 heterocycles. The van der Waals surface area contributed by atoms with Gasteiger partial charge in [0.05, 0.1) is 13.2 Å². The molecule has 2 saturated heterocycles. The molecule has 2 aliphatic heterocycles. The largest absolute Gasteiger partial charge is 0.474 e. The van der Waals surface area contributed by atoms with Crippen LogP contribution < -0.4 is 4.74 Å². The average molecular weight is 345 g/mol. The Morgan fingerprint density at radius 3 is 2.43 bits per heavy atom. The van der Waals surface area contributed by atoms with Crippen LogP contribution in [0.3, 0.4) is 0 Å². The molecule has 0 unspecified atom stereocenters. The van der Waals surface area contributed by atoms with Crippen molar-refractivity contribution in [3.63, 3.8) is 0 Å². The Morgan fingerprint density at radius 2 is 1.78 bits per heavy atom. The normalized spacial score (nSPS) is 22.1. The first kappa shape index (κ1) is 16.6. The maximum Gasteiger partial charge on any atom is 0.282 e. The van der Waals surface area contributed by atoms with Crippen molar-refractivity contribution < 1.29 is 22.3 Å². The Morgan fingerprint density at radius 1 is 1.13 bits per heavy atom. The molecule has 1 aromatic rings. The predicted octanol–water partition coefficient (Wildman–Crippen LogP) is 0.641. The van der Waals surface area contributed by atoms with Crippen LogP contribution in [0, 0.1) is 5.95 Å². The molecule has 0 aromatic carbocycles. The van der Waals surface area contributed by atoms with Crippen molar-refractivity contribution in [3.8, 4) is 5.88 Å².